The van der Waals surface area contributed by atoms with Crippen molar-refractivity contribution in [3.63, 3.8) is 0 Å². The summed E-state index contributed by atoms with van der Waals surface area (Å²) in [6.07, 6.45) is -10.6. The molecule has 0 saturated carbocycles. The Labute approximate surface area is 282 Å². The fraction of sp³-hybridized carbons (Fsp3) is 0.241. The van der Waals surface area contributed by atoms with Gasteiger partial charge in [-0.15, -0.1) is 0 Å². The Hall–Kier alpha value is -5.45. The minimum atomic E-state index is -8.75. The number of halogens is 17. The smallest absolute Gasteiger partial charge is 0.430 e. The zero-order valence-corrected chi connectivity index (χ0v) is 25.0. The average molecular weight is 794 g/mol. The van der Waals surface area contributed by atoms with Crippen LogP contribution in [0.5, 0.6) is 17.2 Å². The largest absolute Gasteiger partial charge is 0.460 e. The number of nitrogens with one attached hydrogen (secondary N) is 2. The highest BCUT2D eigenvalue weighted by atomic mass is 19.4. The van der Waals surface area contributed by atoms with Crippen molar-refractivity contribution in [1.82, 2.24) is 0 Å². The maximum atomic E-state index is 14.4. The lowest BCUT2D eigenvalue weighted by Crippen LogP contribution is -2.72. The van der Waals surface area contributed by atoms with Crippen molar-refractivity contribution in [2.24, 2.45) is 0 Å². The third-order valence-electron chi connectivity index (χ3n) is 6.36. The summed E-state index contributed by atoms with van der Waals surface area (Å²) in [6.45, 7) is 0. The van der Waals surface area contributed by atoms with Crippen molar-refractivity contribution in [2.75, 3.05) is 10.6 Å². The van der Waals surface area contributed by atoms with Crippen LogP contribution in [-0.4, -0.2) is 53.9 Å². The van der Waals surface area contributed by atoms with Crippen LogP contribution in [0.25, 0.3) is 0 Å². The Morgan fingerprint density at radius 1 is 0.453 bits per heavy atom. The maximum Gasteiger partial charge on any atom is 0.460 e. The van der Waals surface area contributed by atoms with E-state index in [1.807, 2.05) is 10.6 Å². The van der Waals surface area contributed by atoms with Crippen molar-refractivity contribution < 1.29 is 98.4 Å². The van der Waals surface area contributed by atoms with E-state index in [-0.39, 0.29) is 17.6 Å². The topological polar surface area (TPSA) is 85.9 Å². The standard InChI is InChI=1S/C29H15F17N2O5/c30-19(23(32,33)24(34,35)25(36,37)26(38,39)27(40,41)28(42,43)29(44,45)46)20(31)51-16-11-12-17(47-21(49)52-14-7-3-1-4-8-14)18(13-16)48-22(50)53-15-9-5-2-6-10-15/h1-13H,(H,47,49)(H,48,50). The molecule has 0 aliphatic heterocycles. The van der Waals surface area contributed by atoms with E-state index in [0.717, 1.165) is 0 Å². The Bertz CT molecular complexity index is 1820. The second-order valence-electron chi connectivity index (χ2n) is 10.00. The van der Waals surface area contributed by atoms with E-state index in [9.17, 15) is 84.2 Å². The molecule has 3 rings (SSSR count). The van der Waals surface area contributed by atoms with Crippen LogP contribution in [0.4, 0.5) is 95.6 Å². The number of hydrogen-bond acceptors (Lipinski definition) is 5. The molecule has 0 aliphatic rings. The molecule has 0 aromatic heterocycles. The van der Waals surface area contributed by atoms with Gasteiger partial charge in [0.25, 0.3) is 0 Å². The molecule has 0 atom stereocenters. The number of benzene rings is 3. The first-order chi connectivity index (χ1) is 24.1. The van der Waals surface area contributed by atoms with Gasteiger partial charge in [-0.3, -0.25) is 10.6 Å². The highest BCUT2D eigenvalue weighted by molar-refractivity contribution is 5.96. The van der Waals surface area contributed by atoms with Crippen molar-refractivity contribution in [3.8, 4) is 17.2 Å². The van der Waals surface area contributed by atoms with Gasteiger partial charge in [0.1, 0.15) is 17.2 Å². The zero-order valence-electron chi connectivity index (χ0n) is 25.0. The third kappa shape index (κ3) is 7.99. The van der Waals surface area contributed by atoms with E-state index in [4.69, 9.17) is 9.47 Å². The molecule has 0 aliphatic carbocycles. The molecule has 0 unspecified atom stereocenters. The second kappa shape index (κ2) is 14.5. The quantitative estimate of drug-likeness (QED) is 0.141. The van der Waals surface area contributed by atoms with Crippen LogP contribution in [0.1, 0.15) is 0 Å². The fourth-order valence-electron chi connectivity index (χ4n) is 3.64. The monoisotopic (exact) mass is 794 g/mol. The summed E-state index contributed by atoms with van der Waals surface area (Å²) in [5.74, 6) is -56.7. The molecule has 2 N–H and O–H groups in total. The molecule has 2 amide bonds. The van der Waals surface area contributed by atoms with Gasteiger partial charge < -0.3 is 14.2 Å². The van der Waals surface area contributed by atoms with E-state index >= 15 is 0 Å². The number of hydrogen-bond donors (Lipinski definition) is 2. The number of anilines is 2. The molecule has 290 valence electrons. The fourth-order valence-corrected chi connectivity index (χ4v) is 3.64. The van der Waals surface area contributed by atoms with Gasteiger partial charge >= 0.3 is 59.9 Å². The van der Waals surface area contributed by atoms with Gasteiger partial charge in [-0.2, -0.15) is 74.6 Å². The first-order valence-corrected chi connectivity index (χ1v) is 13.4. The predicted octanol–water partition coefficient (Wildman–Crippen LogP) is 10.8. The summed E-state index contributed by atoms with van der Waals surface area (Å²) in [5.41, 5.74) is -1.37. The van der Waals surface area contributed by atoms with Crippen molar-refractivity contribution in [1.29, 1.82) is 0 Å². The molecular weight excluding hydrogens is 779 g/mol. The molecule has 0 fully saturated rings. The van der Waals surface area contributed by atoms with Gasteiger partial charge in [0.15, 0.2) is 0 Å². The number of para-hydroxylation sites is 2. The van der Waals surface area contributed by atoms with Gasteiger partial charge in [-0.25, -0.2) is 9.59 Å². The molecule has 24 heteroatoms. The maximum absolute atomic E-state index is 14.4. The van der Waals surface area contributed by atoms with Crippen LogP contribution in [-0.2, 0) is 0 Å². The lowest BCUT2D eigenvalue weighted by atomic mass is 9.91. The normalized spacial score (nSPS) is 13.8. The zero-order chi connectivity index (χ0) is 40.4. The Morgan fingerprint density at radius 3 is 1.28 bits per heavy atom. The molecule has 3 aromatic carbocycles. The molecular formula is C29H15F17N2O5. The number of carbonyl (C=O) groups is 2. The first-order valence-electron chi connectivity index (χ1n) is 13.4. The van der Waals surface area contributed by atoms with Crippen LogP contribution < -0.4 is 24.8 Å². The summed E-state index contributed by atoms with van der Waals surface area (Å²) < 4.78 is 244. The lowest BCUT2D eigenvalue weighted by molar-refractivity contribution is -0.451. The van der Waals surface area contributed by atoms with Crippen LogP contribution >= 0.6 is 0 Å². The second-order valence-corrected chi connectivity index (χ2v) is 10.00. The number of alkyl halides is 15. The Kier molecular flexibility index (Phi) is 11.5. The molecule has 0 heterocycles. The van der Waals surface area contributed by atoms with Crippen LogP contribution in [0.15, 0.2) is 90.7 Å². The molecule has 7 nitrogen and oxygen atoms in total. The van der Waals surface area contributed by atoms with Gasteiger partial charge in [0.05, 0.1) is 11.4 Å². The van der Waals surface area contributed by atoms with Gasteiger partial charge in [-0.1, -0.05) is 36.4 Å². The third-order valence-corrected chi connectivity index (χ3v) is 6.36. The number of carbonyl (C=O) groups excluding carboxylic acids is 2. The SMILES string of the molecule is O=C(Nc1ccc(OC(F)=C(F)C(F)(F)C(F)(F)C(F)(F)C(F)(F)C(F)(F)C(F)(F)C(F)(F)F)cc1NC(=O)Oc1ccccc1)Oc1ccccc1. The summed E-state index contributed by atoms with van der Waals surface area (Å²) in [6, 6.07) is 11.1. The highest BCUT2D eigenvalue weighted by Crippen LogP contribution is 2.63. The van der Waals surface area contributed by atoms with E-state index in [0.29, 0.717) is 12.1 Å². The molecule has 3 aromatic rings. The lowest BCUT2D eigenvalue weighted by Gasteiger charge is -2.41. The Morgan fingerprint density at radius 2 is 0.849 bits per heavy atom. The minimum Gasteiger partial charge on any atom is -0.430 e. The molecule has 0 saturated heterocycles. The van der Waals surface area contributed by atoms with E-state index in [1.54, 1.807) is 0 Å². The number of ether oxygens (including phenoxy) is 3. The van der Waals surface area contributed by atoms with Gasteiger partial charge in [0.2, 0.25) is 5.83 Å². The predicted molar refractivity (Wildman–Crippen MR) is 144 cm³/mol. The van der Waals surface area contributed by atoms with E-state index in [1.165, 1.54) is 60.7 Å². The van der Waals surface area contributed by atoms with E-state index in [2.05, 4.69) is 4.74 Å². The van der Waals surface area contributed by atoms with Crippen LogP contribution in [0.2, 0.25) is 0 Å². The average Bonchev–Trinajstić information content (AvgIpc) is 3.05. The summed E-state index contributed by atoms with van der Waals surface area (Å²) in [5, 5.41) is 3.91. The molecule has 0 spiro atoms. The number of amides is 2. The molecule has 0 radical (unpaired) electrons. The van der Waals surface area contributed by atoms with Crippen LogP contribution in [0, 0.1) is 0 Å². The summed E-state index contributed by atoms with van der Waals surface area (Å²) >= 11 is 0. The van der Waals surface area contributed by atoms with Crippen molar-refractivity contribution in [3.05, 3.63) is 90.7 Å². The highest BCUT2D eigenvalue weighted by Gasteiger charge is 2.94. The summed E-state index contributed by atoms with van der Waals surface area (Å²) in [4.78, 5) is 24.8. The van der Waals surface area contributed by atoms with E-state index < -0.39 is 82.9 Å². The van der Waals surface area contributed by atoms with Crippen molar-refractivity contribution >= 4 is 23.6 Å². The van der Waals surface area contributed by atoms with Crippen LogP contribution in [0.3, 0.4) is 0 Å². The minimum absolute atomic E-state index is 0.0653. The summed E-state index contributed by atoms with van der Waals surface area (Å²) in [7, 11) is 0. The van der Waals surface area contributed by atoms with Crippen molar-refractivity contribution in [2.45, 2.75) is 41.7 Å². The Balaban J connectivity index is 1.99. The first kappa shape index (κ1) is 42.0. The van der Waals surface area contributed by atoms with Gasteiger partial charge in [-0.05, 0) is 36.4 Å². The van der Waals surface area contributed by atoms with Gasteiger partial charge in [0, 0.05) is 6.07 Å². The number of allylic oxidation sites excluding steroid dienone is 1. The molecule has 0 bridgehead atoms. The number of rotatable bonds is 12. The molecule has 53 heavy (non-hydrogen) atoms.